The van der Waals surface area contributed by atoms with Crippen molar-refractivity contribution >= 4 is 27.5 Å². The monoisotopic (exact) mass is 363 g/mol. The van der Waals surface area contributed by atoms with Crippen molar-refractivity contribution in [2.24, 2.45) is 0 Å². The molecule has 0 radical (unpaired) electrons. The second-order valence-electron chi connectivity index (χ2n) is 4.18. The molecule has 106 valence electrons. The van der Waals surface area contributed by atoms with Gasteiger partial charge < -0.3 is 5.32 Å². The second kappa shape index (κ2) is 6.16. The Hall–Kier alpha value is -1.04. The molecule has 0 aliphatic rings. The fourth-order valence-electron chi connectivity index (χ4n) is 1.97. The molecule has 0 heterocycles. The van der Waals surface area contributed by atoms with Crippen molar-refractivity contribution in [3.05, 3.63) is 68.4 Å². The lowest BCUT2D eigenvalue weighted by atomic mass is 9.97. The molecule has 0 spiro atoms. The average molecular weight is 365 g/mol. The van der Waals surface area contributed by atoms with Gasteiger partial charge in [0.1, 0.15) is 17.5 Å². The Morgan fingerprint density at radius 3 is 2.30 bits per heavy atom. The Labute approximate surface area is 127 Å². The summed E-state index contributed by atoms with van der Waals surface area (Å²) in [5, 5.41) is 2.47. The first-order valence-corrected chi connectivity index (χ1v) is 6.87. The van der Waals surface area contributed by atoms with E-state index >= 15 is 0 Å². The summed E-state index contributed by atoms with van der Waals surface area (Å²) in [5.41, 5.74) is 0.203. The minimum absolute atomic E-state index is 0.00796. The van der Waals surface area contributed by atoms with E-state index in [2.05, 4.69) is 21.2 Å². The Morgan fingerprint density at radius 1 is 1.00 bits per heavy atom. The summed E-state index contributed by atoms with van der Waals surface area (Å²) < 4.78 is 42.0. The van der Waals surface area contributed by atoms with Crippen LogP contribution in [0.2, 0.25) is 5.02 Å². The third kappa shape index (κ3) is 3.00. The van der Waals surface area contributed by atoms with E-state index in [1.54, 1.807) is 0 Å². The number of nitrogens with one attached hydrogen (secondary N) is 1. The Balaban J connectivity index is 2.58. The van der Waals surface area contributed by atoms with Gasteiger partial charge in [-0.15, -0.1) is 0 Å². The summed E-state index contributed by atoms with van der Waals surface area (Å²) in [6, 6.07) is 5.34. The number of hydrogen-bond acceptors (Lipinski definition) is 1. The SMILES string of the molecule is CNC(c1cc(Br)ccc1F)c1cc(F)c(Cl)cc1F. The summed E-state index contributed by atoms with van der Waals surface area (Å²) in [7, 11) is 1.54. The standard InChI is InChI=1S/C14H10BrClF3N/c1-20-14(8-4-7(15)2-3-11(8)17)9-5-13(19)10(16)6-12(9)18/h2-6,14,20H,1H3. The smallest absolute Gasteiger partial charge is 0.142 e. The van der Waals surface area contributed by atoms with Crippen molar-refractivity contribution in [2.45, 2.75) is 6.04 Å². The molecule has 1 unspecified atom stereocenters. The average Bonchev–Trinajstić information content (AvgIpc) is 2.40. The maximum absolute atomic E-state index is 14.0. The number of halogens is 5. The van der Waals surface area contributed by atoms with Crippen LogP contribution in [-0.4, -0.2) is 7.05 Å². The van der Waals surface area contributed by atoms with Gasteiger partial charge in [-0.25, -0.2) is 13.2 Å². The van der Waals surface area contributed by atoms with Crippen LogP contribution in [0.3, 0.4) is 0 Å². The van der Waals surface area contributed by atoms with Gasteiger partial charge in [-0.05, 0) is 37.4 Å². The molecular formula is C14H10BrClF3N. The first kappa shape index (κ1) is 15.4. The number of benzene rings is 2. The summed E-state index contributed by atoms with van der Waals surface area (Å²) in [6.45, 7) is 0. The van der Waals surface area contributed by atoms with Crippen LogP contribution in [0.4, 0.5) is 13.2 Å². The molecular weight excluding hydrogens is 355 g/mol. The fourth-order valence-corrected chi connectivity index (χ4v) is 2.50. The molecule has 0 aliphatic carbocycles. The van der Waals surface area contributed by atoms with Gasteiger partial charge in [-0.1, -0.05) is 27.5 Å². The molecule has 0 saturated heterocycles. The molecule has 0 bridgehead atoms. The zero-order valence-electron chi connectivity index (χ0n) is 10.4. The van der Waals surface area contributed by atoms with E-state index in [9.17, 15) is 13.2 Å². The van der Waals surface area contributed by atoms with Crippen molar-refractivity contribution in [2.75, 3.05) is 7.05 Å². The zero-order chi connectivity index (χ0) is 14.9. The molecule has 20 heavy (non-hydrogen) atoms. The molecule has 1 atom stereocenters. The van der Waals surface area contributed by atoms with E-state index in [0.29, 0.717) is 4.47 Å². The molecule has 0 saturated carbocycles. The van der Waals surface area contributed by atoms with Crippen molar-refractivity contribution in [1.82, 2.24) is 5.32 Å². The predicted octanol–water partition coefficient (Wildman–Crippen LogP) is 4.83. The minimum atomic E-state index is -0.820. The Morgan fingerprint density at radius 2 is 1.65 bits per heavy atom. The molecule has 2 rings (SSSR count). The number of rotatable bonds is 3. The van der Waals surface area contributed by atoms with E-state index in [1.165, 1.54) is 25.2 Å². The van der Waals surface area contributed by atoms with Crippen LogP contribution in [0.5, 0.6) is 0 Å². The van der Waals surface area contributed by atoms with Crippen molar-refractivity contribution in [1.29, 1.82) is 0 Å². The lowest BCUT2D eigenvalue weighted by molar-refractivity contribution is 0.537. The van der Waals surface area contributed by atoms with Crippen LogP contribution in [0.25, 0.3) is 0 Å². The first-order chi connectivity index (χ1) is 9.43. The normalized spacial score (nSPS) is 12.5. The van der Waals surface area contributed by atoms with Crippen LogP contribution >= 0.6 is 27.5 Å². The van der Waals surface area contributed by atoms with Gasteiger partial charge in [-0.2, -0.15) is 0 Å². The van der Waals surface area contributed by atoms with E-state index < -0.39 is 23.5 Å². The summed E-state index contributed by atoms with van der Waals surface area (Å²) in [5.74, 6) is -1.96. The highest BCUT2D eigenvalue weighted by molar-refractivity contribution is 9.10. The maximum atomic E-state index is 14.0. The van der Waals surface area contributed by atoms with Gasteiger partial charge in [0.25, 0.3) is 0 Å². The molecule has 0 aliphatic heterocycles. The van der Waals surface area contributed by atoms with Gasteiger partial charge in [0.05, 0.1) is 11.1 Å². The van der Waals surface area contributed by atoms with Gasteiger partial charge in [0.2, 0.25) is 0 Å². The van der Waals surface area contributed by atoms with Gasteiger partial charge in [0.15, 0.2) is 0 Å². The highest BCUT2D eigenvalue weighted by atomic mass is 79.9. The second-order valence-corrected chi connectivity index (χ2v) is 5.50. The van der Waals surface area contributed by atoms with Crippen LogP contribution in [0.15, 0.2) is 34.8 Å². The molecule has 0 amide bonds. The zero-order valence-corrected chi connectivity index (χ0v) is 12.7. The topological polar surface area (TPSA) is 12.0 Å². The molecule has 2 aromatic rings. The largest absolute Gasteiger partial charge is 0.309 e. The van der Waals surface area contributed by atoms with Crippen molar-refractivity contribution in [3.8, 4) is 0 Å². The molecule has 6 heteroatoms. The fraction of sp³-hybridized carbons (Fsp3) is 0.143. The van der Waals surface area contributed by atoms with E-state index in [1.807, 2.05) is 0 Å². The summed E-state index contributed by atoms with van der Waals surface area (Å²) in [4.78, 5) is 0. The molecule has 0 aromatic heterocycles. The summed E-state index contributed by atoms with van der Waals surface area (Å²) >= 11 is 8.75. The van der Waals surface area contributed by atoms with Crippen molar-refractivity contribution in [3.63, 3.8) is 0 Å². The minimum Gasteiger partial charge on any atom is -0.309 e. The highest BCUT2D eigenvalue weighted by Crippen LogP contribution is 2.30. The van der Waals surface area contributed by atoms with Crippen LogP contribution in [0, 0.1) is 17.5 Å². The lowest BCUT2D eigenvalue weighted by Gasteiger charge is -2.19. The maximum Gasteiger partial charge on any atom is 0.142 e. The van der Waals surface area contributed by atoms with Crippen LogP contribution < -0.4 is 5.32 Å². The molecule has 0 fully saturated rings. The van der Waals surface area contributed by atoms with Gasteiger partial charge >= 0.3 is 0 Å². The quantitative estimate of drug-likeness (QED) is 0.769. The highest BCUT2D eigenvalue weighted by Gasteiger charge is 2.21. The van der Waals surface area contributed by atoms with E-state index in [0.717, 1.165) is 12.1 Å². The van der Waals surface area contributed by atoms with Gasteiger partial charge in [-0.3, -0.25) is 0 Å². The lowest BCUT2D eigenvalue weighted by Crippen LogP contribution is -2.20. The van der Waals surface area contributed by atoms with E-state index in [-0.39, 0.29) is 16.1 Å². The van der Waals surface area contributed by atoms with Gasteiger partial charge in [0, 0.05) is 15.6 Å². The summed E-state index contributed by atoms with van der Waals surface area (Å²) in [6.07, 6.45) is 0. The van der Waals surface area contributed by atoms with E-state index in [4.69, 9.17) is 11.6 Å². The third-order valence-electron chi connectivity index (χ3n) is 2.91. The number of hydrogen-bond donors (Lipinski definition) is 1. The molecule has 1 nitrogen and oxygen atoms in total. The Kier molecular flexibility index (Phi) is 4.73. The first-order valence-electron chi connectivity index (χ1n) is 5.70. The van der Waals surface area contributed by atoms with Crippen LogP contribution in [0.1, 0.15) is 17.2 Å². The van der Waals surface area contributed by atoms with Crippen LogP contribution in [-0.2, 0) is 0 Å². The predicted molar refractivity (Wildman–Crippen MR) is 76.4 cm³/mol. The molecule has 1 N–H and O–H groups in total. The molecule has 2 aromatic carbocycles. The third-order valence-corrected chi connectivity index (χ3v) is 3.69. The Bertz CT molecular complexity index is 649. The van der Waals surface area contributed by atoms with Crippen molar-refractivity contribution < 1.29 is 13.2 Å².